The first kappa shape index (κ1) is 17.0. The summed E-state index contributed by atoms with van der Waals surface area (Å²) in [5.74, 6) is 1.65. The molecule has 3 unspecified atom stereocenters. The summed E-state index contributed by atoms with van der Waals surface area (Å²) in [6.45, 7) is 17.8. The van der Waals surface area contributed by atoms with Crippen LogP contribution in [0.2, 0.25) is 0 Å². The van der Waals surface area contributed by atoms with E-state index in [-0.39, 0.29) is 0 Å². The largest absolute Gasteiger partial charge is 0.311 e. The van der Waals surface area contributed by atoms with Crippen LogP contribution in [0.1, 0.15) is 67.2 Å². The Bertz CT molecular complexity index is 250. The summed E-state index contributed by atoms with van der Waals surface area (Å²) in [6.07, 6.45) is 5.15. The Hall–Kier alpha value is -0.0800. The topological polar surface area (TPSA) is 15.3 Å². The van der Waals surface area contributed by atoms with Gasteiger partial charge in [-0.15, -0.1) is 0 Å². The lowest BCUT2D eigenvalue weighted by atomic mass is 9.86. The van der Waals surface area contributed by atoms with Gasteiger partial charge in [-0.3, -0.25) is 4.90 Å². The molecule has 1 aliphatic rings. The maximum Gasteiger partial charge on any atom is 0.0304 e. The Morgan fingerprint density at radius 1 is 1.16 bits per heavy atom. The van der Waals surface area contributed by atoms with Gasteiger partial charge in [-0.1, -0.05) is 53.9 Å². The van der Waals surface area contributed by atoms with Gasteiger partial charge < -0.3 is 5.32 Å². The van der Waals surface area contributed by atoms with Crippen LogP contribution in [0.25, 0.3) is 0 Å². The van der Waals surface area contributed by atoms with E-state index in [9.17, 15) is 0 Å². The molecule has 2 heteroatoms. The number of hydrogen-bond acceptors (Lipinski definition) is 2. The van der Waals surface area contributed by atoms with E-state index in [1.165, 1.54) is 38.8 Å². The van der Waals surface area contributed by atoms with Crippen LogP contribution < -0.4 is 5.32 Å². The van der Waals surface area contributed by atoms with Crippen LogP contribution in [-0.2, 0) is 0 Å². The zero-order valence-electron chi connectivity index (χ0n) is 14.1. The molecule has 0 saturated carbocycles. The first-order valence-electron chi connectivity index (χ1n) is 8.49. The van der Waals surface area contributed by atoms with Crippen molar-refractivity contribution < 1.29 is 0 Å². The molecule has 1 rings (SSSR count). The molecule has 0 aromatic heterocycles. The molecular weight excluding hydrogens is 232 g/mol. The van der Waals surface area contributed by atoms with E-state index in [4.69, 9.17) is 0 Å². The molecule has 1 N–H and O–H groups in total. The van der Waals surface area contributed by atoms with Crippen LogP contribution in [0.4, 0.5) is 0 Å². The third kappa shape index (κ3) is 4.19. The normalized spacial score (nSPS) is 30.8. The molecule has 1 heterocycles. The van der Waals surface area contributed by atoms with Gasteiger partial charge in [0.2, 0.25) is 0 Å². The van der Waals surface area contributed by atoms with Gasteiger partial charge in [-0.05, 0) is 25.2 Å². The minimum absolute atomic E-state index is 0.354. The Morgan fingerprint density at radius 2 is 1.79 bits per heavy atom. The number of nitrogens with zero attached hydrogens (tertiary/aromatic N) is 1. The summed E-state index contributed by atoms with van der Waals surface area (Å²) in [7, 11) is 0. The second-order valence-corrected chi connectivity index (χ2v) is 6.81. The predicted molar refractivity (Wildman–Crippen MR) is 85.6 cm³/mol. The summed E-state index contributed by atoms with van der Waals surface area (Å²) in [6, 6.07) is 0.680. The molecule has 0 aromatic rings. The second kappa shape index (κ2) is 7.64. The van der Waals surface area contributed by atoms with Gasteiger partial charge >= 0.3 is 0 Å². The average molecular weight is 268 g/mol. The summed E-state index contributed by atoms with van der Waals surface area (Å²) in [5.41, 5.74) is 0.354. The summed E-state index contributed by atoms with van der Waals surface area (Å²) in [4.78, 5) is 2.79. The van der Waals surface area contributed by atoms with E-state index >= 15 is 0 Å². The first-order chi connectivity index (χ1) is 9.00. The van der Waals surface area contributed by atoms with E-state index < -0.39 is 0 Å². The third-order valence-electron chi connectivity index (χ3n) is 5.65. The van der Waals surface area contributed by atoms with Gasteiger partial charge in [0.05, 0.1) is 0 Å². The average Bonchev–Trinajstić information content (AvgIpc) is 2.45. The van der Waals surface area contributed by atoms with E-state index in [0.717, 1.165) is 18.4 Å². The Kier molecular flexibility index (Phi) is 6.82. The summed E-state index contributed by atoms with van der Waals surface area (Å²) >= 11 is 0. The molecule has 0 spiro atoms. The highest BCUT2D eigenvalue weighted by Crippen LogP contribution is 2.27. The van der Waals surface area contributed by atoms with Crippen molar-refractivity contribution in [3.8, 4) is 0 Å². The van der Waals surface area contributed by atoms with Gasteiger partial charge in [-0.2, -0.15) is 0 Å². The highest BCUT2D eigenvalue weighted by molar-refractivity contribution is 4.96. The zero-order chi connectivity index (χ0) is 14.5. The maximum absolute atomic E-state index is 3.81. The lowest BCUT2D eigenvalue weighted by molar-refractivity contribution is 0.0224. The Balaban J connectivity index is 2.73. The van der Waals surface area contributed by atoms with Crippen molar-refractivity contribution in [2.75, 3.05) is 19.6 Å². The van der Waals surface area contributed by atoms with Gasteiger partial charge in [0.15, 0.2) is 0 Å². The Morgan fingerprint density at radius 3 is 2.26 bits per heavy atom. The molecule has 1 saturated heterocycles. The van der Waals surface area contributed by atoms with Crippen LogP contribution in [0.15, 0.2) is 0 Å². The molecule has 0 aliphatic carbocycles. The highest BCUT2D eigenvalue weighted by atomic mass is 15.3. The van der Waals surface area contributed by atoms with Gasteiger partial charge in [0.25, 0.3) is 0 Å². The van der Waals surface area contributed by atoms with Crippen molar-refractivity contribution in [3.05, 3.63) is 0 Å². The van der Waals surface area contributed by atoms with Crippen LogP contribution >= 0.6 is 0 Å². The first-order valence-corrected chi connectivity index (χ1v) is 8.49. The molecule has 0 bridgehead atoms. The summed E-state index contributed by atoms with van der Waals surface area (Å²) < 4.78 is 0. The zero-order valence-corrected chi connectivity index (χ0v) is 14.1. The SMILES string of the molecule is CCC(CC)CN1CC(C(C)CC)NCC1(C)CC. The smallest absolute Gasteiger partial charge is 0.0304 e. The van der Waals surface area contributed by atoms with Crippen molar-refractivity contribution in [3.63, 3.8) is 0 Å². The standard InChI is InChI=1S/C17H36N2/c1-7-14(5)16-12-19(11-15(8-2)9-3)17(6,10-4)13-18-16/h14-16,18H,7-13H2,1-6H3. The fraction of sp³-hybridized carbons (Fsp3) is 1.00. The van der Waals surface area contributed by atoms with Crippen LogP contribution in [0, 0.1) is 11.8 Å². The molecule has 3 atom stereocenters. The number of hydrogen-bond donors (Lipinski definition) is 1. The molecule has 19 heavy (non-hydrogen) atoms. The fourth-order valence-corrected chi connectivity index (χ4v) is 3.15. The van der Waals surface area contributed by atoms with Gasteiger partial charge in [0, 0.05) is 31.2 Å². The van der Waals surface area contributed by atoms with E-state index in [1.807, 2.05) is 0 Å². The minimum atomic E-state index is 0.354. The molecule has 0 amide bonds. The lowest BCUT2D eigenvalue weighted by Crippen LogP contribution is -2.65. The molecule has 1 fully saturated rings. The van der Waals surface area contributed by atoms with E-state index in [2.05, 4.69) is 51.8 Å². The maximum atomic E-state index is 3.81. The van der Waals surface area contributed by atoms with Crippen molar-refractivity contribution >= 4 is 0 Å². The van der Waals surface area contributed by atoms with Crippen molar-refractivity contribution in [1.82, 2.24) is 10.2 Å². The van der Waals surface area contributed by atoms with Crippen molar-refractivity contribution in [1.29, 1.82) is 0 Å². The highest BCUT2D eigenvalue weighted by Gasteiger charge is 2.37. The monoisotopic (exact) mass is 268 g/mol. The predicted octanol–water partition coefficient (Wildman–Crippen LogP) is 3.91. The van der Waals surface area contributed by atoms with Gasteiger partial charge in [0.1, 0.15) is 0 Å². The minimum Gasteiger partial charge on any atom is -0.311 e. The lowest BCUT2D eigenvalue weighted by Gasteiger charge is -2.50. The van der Waals surface area contributed by atoms with E-state index in [1.54, 1.807) is 0 Å². The second-order valence-electron chi connectivity index (χ2n) is 6.81. The molecule has 0 radical (unpaired) electrons. The molecule has 114 valence electrons. The third-order valence-corrected chi connectivity index (χ3v) is 5.65. The molecule has 0 aromatic carbocycles. The fourth-order valence-electron chi connectivity index (χ4n) is 3.15. The van der Waals surface area contributed by atoms with Crippen LogP contribution in [0.3, 0.4) is 0 Å². The van der Waals surface area contributed by atoms with Crippen LogP contribution in [0.5, 0.6) is 0 Å². The van der Waals surface area contributed by atoms with Crippen LogP contribution in [-0.4, -0.2) is 36.1 Å². The molecule has 2 nitrogen and oxygen atoms in total. The quantitative estimate of drug-likeness (QED) is 0.753. The number of piperazine rings is 1. The number of nitrogens with one attached hydrogen (secondary N) is 1. The summed E-state index contributed by atoms with van der Waals surface area (Å²) in [5, 5.41) is 3.81. The number of rotatable bonds is 7. The Labute approximate surface area is 121 Å². The van der Waals surface area contributed by atoms with E-state index in [0.29, 0.717) is 11.6 Å². The van der Waals surface area contributed by atoms with Gasteiger partial charge in [-0.25, -0.2) is 0 Å². The molecule has 1 aliphatic heterocycles. The molecular formula is C17H36N2. The van der Waals surface area contributed by atoms with Crippen molar-refractivity contribution in [2.45, 2.75) is 78.8 Å². The van der Waals surface area contributed by atoms with Crippen molar-refractivity contribution in [2.24, 2.45) is 11.8 Å².